The molecule has 3 nitrogen and oxygen atoms in total. The zero-order valence-corrected chi connectivity index (χ0v) is 9.20. The second-order valence-electron chi connectivity index (χ2n) is 3.48. The van der Waals surface area contributed by atoms with Crippen LogP contribution in [0.2, 0.25) is 5.02 Å². The molecule has 0 unspecified atom stereocenters. The van der Waals surface area contributed by atoms with E-state index in [2.05, 4.69) is 4.98 Å². The molecule has 0 aliphatic rings. The Morgan fingerprint density at radius 2 is 2.27 bits per heavy atom. The number of hydrogen-bond acceptors (Lipinski definition) is 2. The molecule has 1 aromatic carbocycles. The summed E-state index contributed by atoms with van der Waals surface area (Å²) in [6.07, 6.45) is 3.56. The lowest BCUT2D eigenvalue weighted by Gasteiger charge is -2.08. The van der Waals surface area contributed by atoms with E-state index in [9.17, 15) is 0 Å². The van der Waals surface area contributed by atoms with Gasteiger partial charge < -0.3 is 10.3 Å². The van der Waals surface area contributed by atoms with E-state index in [4.69, 9.17) is 17.3 Å². The van der Waals surface area contributed by atoms with E-state index >= 15 is 0 Å². The van der Waals surface area contributed by atoms with Gasteiger partial charge in [0.1, 0.15) is 0 Å². The first-order valence-electron chi connectivity index (χ1n) is 4.68. The van der Waals surface area contributed by atoms with Crippen molar-refractivity contribution in [1.29, 1.82) is 0 Å². The fourth-order valence-corrected chi connectivity index (χ4v) is 1.72. The van der Waals surface area contributed by atoms with Crippen molar-refractivity contribution in [1.82, 2.24) is 9.55 Å². The van der Waals surface area contributed by atoms with Gasteiger partial charge >= 0.3 is 0 Å². The minimum atomic E-state index is 0.532. The Kier molecular flexibility index (Phi) is 2.64. The van der Waals surface area contributed by atoms with E-state index in [0.717, 1.165) is 17.1 Å². The van der Waals surface area contributed by atoms with Crippen LogP contribution in [0.5, 0.6) is 0 Å². The third kappa shape index (κ3) is 2.13. The molecule has 0 aliphatic heterocycles. The first-order valence-corrected chi connectivity index (χ1v) is 5.06. The van der Waals surface area contributed by atoms with Crippen LogP contribution in [0.4, 0.5) is 5.95 Å². The summed E-state index contributed by atoms with van der Waals surface area (Å²) in [5.41, 5.74) is 8.05. The number of aryl methyl sites for hydroxylation is 1. The van der Waals surface area contributed by atoms with Gasteiger partial charge in [-0.3, -0.25) is 0 Å². The average Bonchev–Trinajstić information content (AvgIpc) is 2.57. The highest BCUT2D eigenvalue weighted by molar-refractivity contribution is 6.30. The third-order valence-electron chi connectivity index (χ3n) is 2.39. The second-order valence-corrected chi connectivity index (χ2v) is 3.92. The molecule has 0 radical (unpaired) electrons. The normalized spacial score (nSPS) is 10.5. The average molecular weight is 222 g/mol. The SMILES string of the molecule is Cc1cc(Cl)ccc1Cn1ccnc1N. The van der Waals surface area contributed by atoms with Crippen LogP contribution in [0, 0.1) is 6.92 Å². The summed E-state index contributed by atoms with van der Waals surface area (Å²) in [7, 11) is 0. The molecule has 78 valence electrons. The first-order chi connectivity index (χ1) is 7.16. The van der Waals surface area contributed by atoms with E-state index in [1.54, 1.807) is 6.20 Å². The largest absolute Gasteiger partial charge is 0.369 e. The van der Waals surface area contributed by atoms with Crippen molar-refractivity contribution >= 4 is 17.5 Å². The first kappa shape index (κ1) is 10.1. The highest BCUT2D eigenvalue weighted by Crippen LogP contribution is 2.16. The summed E-state index contributed by atoms with van der Waals surface area (Å²) in [4.78, 5) is 3.97. The van der Waals surface area contributed by atoms with E-state index in [0.29, 0.717) is 5.95 Å². The Balaban J connectivity index is 2.29. The Bertz CT molecular complexity index is 476. The molecular weight excluding hydrogens is 210 g/mol. The fourth-order valence-electron chi connectivity index (χ4n) is 1.49. The standard InChI is InChI=1S/C11H12ClN3/c1-8-6-10(12)3-2-9(8)7-15-5-4-14-11(15)13/h2-6H,7H2,1H3,(H2,13,14). The molecule has 2 aromatic rings. The van der Waals surface area contributed by atoms with Gasteiger partial charge in [0.25, 0.3) is 0 Å². The molecular formula is C11H12ClN3. The van der Waals surface area contributed by atoms with Gasteiger partial charge in [-0.1, -0.05) is 17.7 Å². The number of aromatic nitrogens is 2. The van der Waals surface area contributed by atoms with Gasteiger partial charge in [-0.25, -0.2) is 4.98 Å². The molecule has 0 atom stereocenters. The van der Waals surface area contributed by atoms with Gasteiger partial charge in [-0.05, 0) is 30.2 Å². The molecule has 0 aliphatic carbocycles. The molecule has 1 aromatic heterocycles. The van der Waals surface area contributed by atoms with Crippen LogP contribution in [0.25, 0.3) is 0 Å². The number of nitrogens with zero attached hydrogens (tertiary/aromatic N) is 2. The maximum atomic E-state index is 5.89. The third-order valence-corrected chi connectivity index (χ3v) is 2.63. The number of benzene rings is 1. The topological polar surface area (TPSA) is 43.8 Å². The molecule has 0 spiro atoms. The minimum absolute atomic E-state index is 0.532. The number of anilines is 1. The predicted molar refractivity (Wildman–Crippen MR) is 61.9 cm³/mol. The summed E-state index contributed by atoms with van der Waals surface area (Å²) >= 11 is 5.89. The quantitative estimate of drug-likeness (QED) is 0.847. The molecule has 2 N–H and O–H groups in total. The van der Waals surface area contributed by atoms with Crippen LogP contribution in [0.3, 0.4) is 0 Å². The lowest BCUT2D eigenvalue weighted by Crippen LogP contribution is -2.04. The minimum Gasteiger partial charge on any atom is -0.369 e. The molecule has 0 amide bonds. The van der Waals surface area contributed by atoms with Crippen LogP contribution >= 0.6 is 11.6 Å². The molecule has 15 heavy (non-hydrogen) atoms. The van der Waals surface area contributed by atoms with Crippen molar-refractivity contribution < 1.29 is 0 Å². The van der Waals surface area contributed by atoms with E-state index in [1.165, 1.54) is 5.56 Å². The van der Waals surface area contributed by atoms with Crippen molar-refractivity contribution in [3.63, 3.8) is 0 Å². The summed E-state index contributed by atoms with van der Waals surface area (Å²) in [6.45, 7) is 2.77. The van der Waals surface area contributed by atoms with Crippen molar-refractivity contribution in [3.8, 4) is 0 Å². The number of hydrogen-bond donors (Lipinski definition) is 1. The van der Waals surface area contributed by atoms with Crippen LogP contribution in [-0.2, 0) is 6.54 Å². The van der Waals surface area contributed by atoms with Crippen LogP contribution in [0.15, 0.2) is 30.6 Å². The van der Waals surface area contributed by atoms with E-state index in [-0.39, 0.29) is 0 Å². The highest BCUT2D eigenvalue weighted by atomic mass is 35.5. The Morgan fingerprint density at radius 3 is 2.87 bits per heavy atom. The Hall–Kier alpha value is -1.48. The number of rotatable bonds is 2. The molecule has 0 saturated carbocycles. The highest BCUT2D eigenvalue weighted by Gasteiger charge is 2.02. The van der Waals surface area contributed by atoms with Crippen LogP contribution in [-0.4, -0.2) is 9.55 Å². The lowest BCUT2D eigenvalue weighted by molar-refractivity contribution is 0.805. The maximum Gasteiger partial charge on any atom is 0.200 e. The van der Waals surface area contributed by atoms with Gasteiger partial charge in [0.2, 0.25) is 0 Å². The number of imidazole rings is 1. The van der Waals surface area contributed by atoms with Gasteiger partial charge in [0.15, 0.2) is 5.95 Å². The monoisotopic (exact) mass is 221 g/mol. The summed E-state index contributed by atoms with van der Waals surface area (Å²) in [6, 6.07) is 5.85. The molecule has 1 heterocycles. The Morgan fingerprint density at radius 1 is 1.47 bits per heavy atom. The van der Waals surface area contributed by atoms with Crippen molar-refractivity contribution in [2.75, 3.05) is 5.73 Å². The molecule has 0 fully saturated rings. The molecule has 4 heteroatoms. The number of nitrogen functional groups attached to an aromatic ring is 1. The smallest absolute Gasteiger partial charge is 0.200 e. The zero-order chi connectivity index (χ0) is 10.8. The summed E-state index contributed by atoms with van der Waals surface area (Å²) in [5.74, 6) is 0.532. The van der Waals surface area contributed by atoms with Crippen molar-refractivity contribution in [2.24, 2.45) is 0 Å². The van der Waals surface area contributed by atoms with Crippen LogP contribution < -0.4 is 5.73 Å². The zero-order valence-electron chi connectivity index (χ0n) is 8.44. The predicted octanol–water partition coefficient (Wildman–Crippen LogP) is 2.48. The number of nitrogens with two attached hydrogens (primary N) is 1. The summed E-state index contributed by atoms with van der Waals surface area (Å²) < 4.78 is 1.90. The van der Waals surface area contributed by atoms with Crippen molar-refractivity contribution in [2.45, 2.75) is 13.5 Å². The van der Waals surface area contributed by atoms with E-state index < -0.39 is 0 Å². The number of halogens is 1. The van der Waals surface area contributed by atoms with Gasteiger partial charge in [0.05, 0.1) is 6.54 Å². The molecule has 0 saturated heterocycles. The Labute approximate surface area is 93.5 Å². The molecule has 2 rings (SSSR count). The second kappa shape index (κ2) is 3.95. The lowest BCUT2D eigenvalue weighted by atomic mass is 10.1. The fraction of sp³-hybridized carbons (Fsp3) is 0.182. The van der Waals surface area contributed by atoms with E-state index in [1.807, 2.05) is 35.9 Å². The van der Waals surface area contributed by atoms with Gasteiger partial charge in [-0.15, -0.1) is 0 Å². The molecule has 0 bridgehead atoms. The van der Waals surface area contributed by atoms with Gasteiger partial charge in [0, 0.05) is 17.4 Å². The van der Waals surface area contributed by atoms with Gasteiger partial charge in [-0.2, -0.15) is 0 Å². The van der Waals surface area contributed by atoms with Crippen LogP contribution in [0.1, 0.15) is 11.1 Å². The maximum absolute atomic E-state index is 5.89. The summed E-state index contributed by atoms with van der Waals surface area (Å²) in [5, 5.41) is 0.759. The van der Waals surface area contributed by atoms with Crippen molar-refractivity contribution in [3.05, 3.63) is 46.7 Å².